The summed E-state index contributed by atoms with van der Waals surface area (Å²) < 4.78 is 0. The summed E-state index contributed by atoms with van der Waals surface area (Å²) in [5.41, 5.74) is -0.167. The van der Waals surface area contributed by atoms with Crippen LogP contribution in [0.5, 0.6) is 0 Å². The number of carbonyl (C=O) groups is 1. The van der Waals surface area contributed by atoms with Gasteiger partial charge < -0.3 is 5.11 Å². The number of hydrogen-bond acceptors (Lipinski definition) is 2. The van der Waals surface area contributed by atoms with Gasteiger partial charge in [-0.3, -0.25) is 5.32 Å². The van der Waals surface area contributed by atoms with Crippen LogP contribution < -0.4 is 5.32 Å². The molecule has 1 aromatic rings. The van der Waals surface area contributed by atoms with E-state index in [2.05, 4.69) is 5.32 Å². The summed E-state index contributed by atoms with van der Waals surface area (Å²) in [5, 5.41) is 12.8. The van der Waals surface area contributed by atoms with Gasteiger partial charge in [-0.15, -0.1) is 0 Å². The maximum atomic E-state index is 11.6. The van der Waals surface area contributed by atoms with Crippen LogP contribution in [0.4, 0.5) is 0 Å². The molecular weight excluding hydrogens is 226 g/mol. The summed E-state index contributed by atoms with van der Waals surface area (Å²) >= 11 is 0. The summed E-state index contributed by atoms with van der Waals surface area (Å²) in [7, 11) is 0. The SMILES string of the molecule is CC(NCC1CCCC1)(C(=O)O)c1ccccc1. The van der Waals surface area contributed by atoms with Gasteiger partial charge in [-0.05, 0) is 37.8 Å². The molecule has 0 saturated heterocycles. The van der Waals surface area contributed by atoms with E-state index in [0.29, 0.717) is 5.92 Å². The minimum Gasteiger partial charge on any atom is -0.480 e. The first-order valence-corrected chi connectivity index (χ1v) is 6.67. The summed E-state index contributed by atoms with van der Waals surface area (Å²) in [4.78, 5) is 11.6. The van der Waals surface area contributed by atoms with Crippen molar-refractivity contribution in [3.05, 3.63) is 35.9 Å². The van der Waals surface area contributed by atoms with Gasteiger partial charge in [0.25, 0.3) is 0 Å². The molecule has 0 aromatic heterocycles. The van der Waals surface area contributed by atoms with Crippen LogP contribution >= 0.6 is 0 Å². The molecule has 1 unspecified atom stereocenters. The number of rotatable bonds is 5. The first-order valence-electron chi connectivity index (χ1n) is 6.67. The number of nitrogens with one attached hydrogen (secondary N) is 1. The fraction of sp³-hybridized carbons (Fsp3) is 0.533. The maximum Gasteiger partial charge on any atom is 0.328 e. The highest BCUT2D eigenvalue weighted by Gasteiger charge is 2.35. The van der Waals surface area contributed by atoms with Crippen molar-refractivity contribution in [2.75, 3.05) is 6.54 Å². The van der Waals surface area contributed by atoms with E-state index in [9.17, 15) is 9.90 Å². The standard InChI is InChI=1S/C15H21NO2/c1-15(14(17)18,13-9-3-2-4-10-13)16-11-12-7-5-6-8-12/h2-4,9-10,12,16H,5-8,11H2,1H3,(H,17,18). The normalized spacial score (nSPS) is 19.6. The Hall–Kier alpha value is -1.35. The minimum atomic E-state index is -0.982. The molecule has 2 N–H and O–H groups in total. The predicted molar refractivity (Wildman–Crippen MR) is 71.4 cm³/mol. The van der Waals surface area contributed by atoms with Crippen LogP contribution in [0.1, 0.15) is 38.2 Å². The molecule has 0 amide bonds. The number of carboxylic acids is 1. The Morgan fingerprint density at radius 3 is 2.50 bits per heavy atom. The molecule has 0 bridgehead atoms. The van der Waals surface area contributed by atoms with E-state index in [1.807, 2.05) is 30.3 Å². The lowest BCUT2D eigenvalue weighted by Gasteiger charge is -2.28. The molecule has 0 aliphatic heterocycles. The van der Waals surface area contributed by atoms with Crippen molar-refractivity contribution in [2.24, 2.45) is 5.92 Å². The zero-order valence-electron chi connectivity index (χ0n) is 10.9. The van der Waals surface area contributed by atoms with Crippen molar-refractivity contribution >= 4 is 5.97 Å². The first kappa shape index (κ1) is 13.1. The van der Waals surface area contributed by atoms with Crippen LogP contribution in [-0.4, -0.2) is 17.6 Å². The topological polar surface area (TPSA) is 49.3 Å². The Labute approximate surface area is 108 Å². The molecular formula is C15H21NO2. The average molecular weight is 247 g/mol. The second-order valence-corrected chi connectivity index (χ2v) is 5.33. The third kappa shape index (κ3) is 2.72. The highest BCUT2D eigenvalue weighted by molar-refractivity contribution is 5.80. The quantitative estimate of drug-likeness (QED) is 0.841. The molecule has 2 rings (SSSR count). The van der Waals surface area contributed by atoms with Crippen molar-refractivity contribution < 1.29 is 9.90 Å². The van der Waals surface area contributed by atoms with Crippen LogP contribution in [0.3, 0.4) is 0 Å². The number of hydrogen-bond donors (Lipinski definition) is 2. The van der Waals surface area contributed by atoms with E-state index in [1.54, 1.807) is 6.92 Å². The van der Waals surface area contributed by atoms with E-state index in [-0.39, 0.29) is 0 Å². The second kappa shape index (κ2) is 5.53. The molecule has 1 saturated carbocycles. The smallest absolute Gasteiger partial charge is 0.328 e. The lowest BCUT2D eigenvalue weighted by atomic mass is 9.91. The number of aliphatic carboxylic acids is 1. The Morgan fingerprint density at radius 2 is 1.94 bits per heavy atom. The lowest BCUT2D eigenvalue weighted by molar-refractivity contribution is -0.144. The molecule has 1 atom stereocenters. The predicted octanol–water partition coefficient (Wildman–Crippen LogP) is 2.77. The van der Waals surface area contributed by atoms with E-state index < -0.39 is 11.5 Å². The average Bonchev–Trinajstić information content (AvgIpc) is 2.90. The molecule has 3 heteroatoms. The molecule has 1 aromatic carbocycles. The highest BCUT2D eigenvalue weighted by atomic mass is 16.4. The molecule has 0 radical (unpaired) electrons. The second-order valence-electron chi connectivity index (χ2n) is 5.33. The third-order valence-electron chi connectivity index (χ3n) is 4.00. The van der Waals surface area contributed by atoms with Gasteiger partial charge in [0, 0.05) is 0 Å². The van der Waals surface area contributed by atoms with Gasteiger partial charge >= 0.3 is 5.97 Å². The van der Waals surface area contributed by atoms with Crippen molar-refractivity contribution in [1.29, 1.82) is 0 Å². The summed E-state index contributed by atoms with van der Waals surface area (Å²) in [6, 6.07) is 9.41. The molecule has 0 heterocycles. The van der Waals surface area contributed by atoms with Crippen LogP contribution in [0.2, 0.25) is 0 Å². The van der Waals surface area contributed by atoms with Gasteiger partial charge in [-0.2, -0.15) is 0 Å². The van der Waals surface area contributed by atoms with Crippen LogP contribution in [0.25, 0.3) is 0 Å². The van der Waals surface area contributed by atoms with Crippen molar-refractivity contribution in [1.82, 2.24) is 5.32 Å². The number of benzene rings is 1. The molecule has 1 aliphatic rings. The van der Waals surface area contributed by atoms with E-state index in [0.717, 1.165) is 12.1 Å². The summed E-state index contributed by atoms with van der Waals surface area (Å²) in [6.07, 6.45) is 5.00. The Kier molecular flexibility index (Phi) is 4.02. The molecule has 1 aliphatic carbocycles. The Balaban J connectivity index is 2.09. The number of carboxylic acid groups (broad SMARTS) is 1. The van der Waals surface area contributed by atoms with Crippen molar-refractivity contribution in [3.63, 3.8) is 0 Å². The molecule has 0 spiro atoms. The zero-order chi connectivity index (χ0) is 13.0. The summed E-state index contributed by atoms with van der Waals surface area (Å²) in [5.74, 6) is -0.181. The van der Waals surface area contributed by atoms with Gasteiger partial charge in [-0.25, -0.2) is 4.79 Å². The minimum absolute atomic E-state index is 0.632. The maximum absolute atomic E-state index is 11.6. The van der Waals surface area contributed by atoms with Gasteiger partial charge in [0.2, 0.25) is 0 Å². The third-order valence-corrected chi connectivity index (χ3v) is 4.00. The zero-order valence-corrected chi connectivity index (χ0v) is 10.9. The molecule has 98 valence electrons. The fourth-order valence-corrected chi connectivity index (χ4v) is 2.64. The first-order chi connectivity index (χ1) is 8.63. The van der Waals surface area contributed by atoms with Crippen LogP contribution in [0, 0.1) is 5.92 Å². The Bertz CT molecular complexity index is 398. The monoisotopic (exact) mass is 247 g/mol. The van der Waals surface area contributed by atoms with E-state index in [1.165, 1.54) is 25.7 Å². The van der Waals surface area contributed by atoms with Crippen molar-refractivity contribution in [2.45, 2.75) is 38.1 Å². The van der Waals surface area contributed by atoms with Crippen molar-refractivity contribution in [3.8, 4) is 0 Å². The fourth-order valence-electron chi connectivity index (χ4n) is 2.64. The van der Waals surface area contributed by atoms with E-state index in [4.69, 9.17) is 0 Å². The van der Waals surface area contributed by atoms with Crippen LogP contribution in [0.15, 0.2) is 30.3 Å². The van der Waals surface area contributed by atoms with Gasteiger partial charge in [0.05, 0.1) is 0 Å². The van der Waals surface area contributed by atoms with E-state index >= 15 is 0 Å². The molecule has 3 nitrogen and oxygen atoms in total. The van der Waals surface area contributed by atoms with Gasteiger partial charge in [0.15, 0.2) is 0 Å². The largest absolute Gasteiger partial charge is 0.480 e. The van der Waals surface area contributed by atoms with Crippen LogP contribution in [-0.2, 0) is 10.3 Å². The highest BCUT2D eigenvalue weighted by Crippen LogP contribution is 2.26. The molecule has 1 fully saturated rings. The summed E-state index contributed by atoms with van der Waals surface area (Å²) in [6.45, 7) is 2.54. The van der Waals surface area contributed by atoms with Gasteiger partial charge in [-0.1, -0.05) is 43.2 Å². The Morgan fingerprint density at radius 1 is 1.33 bits per heavy atom. The lowest BCUT2D eigenvalue weighted by Crippen LogP contribution is -2.48. The van der Waals surface area contributed by atoms with Gasteiger partial charge in [0.1, 0.15) is 5.54 Å². The molecule has 18 heavy (non-hydrogen) atoms.